The molecule has 0 aliphatic heterocycles. The smallest absolute Gasteiger partial charge is 0.123 e. The van der Waals surface area contributed by atoms with Crippen LogP contribution in [0.25, 0.3) is 0 Å². The van der Waals surface area contributed by atoms with E-state index in [0.29, 0.717) is 19.8 Å². The van der Waals surface area contributed by atoms with Crippen LogP contribution in [0, 0.1) is 5.82 Å². The van der Waals surface area contributed by atoms with E-state index in [1.807, 2.05) is 0 Å². The highest BCUT2D eigenvalue weighted by atomic mass is 19.1. The number of rotatable bonds is 11. The minimum Gasteiger partial charge on any atom is -0.493 e. The molecular weight excluding hydrogens is 261 g/mol. The van der Waals surface area contributed by atoms with Gasteiger partial charge in [0.2, 0.25) is 0 Å². The Balaban J connectivity index is 2.42. The fourth-order valence-electron chi connectivity index (χ4n) is 1.75. The second-order valence-corrected chi connectivity index (χ2v) is 4.47. The third kappa shape index (κ3) is 6.84. The van der Waals surface area contributed by atoms with E-state index in [0.717, 1.165) is 37.3 Å². The average Bonchev–Trinajstić information content (AvgIpc) is 2.45. The highest BCUT2D eigenvalue weighted by Crippen LogP contribution is 2.20. The van der Waals surface area contributed by atoms with Gasteiger partial charge < -0.3 is 19.5 Å². The molecule has 0 unspecified atom stereocenters. The van der Waals surface area contributed by atoms with Crippen LogP contribution in [-0.4, -0.2) is 40.6 Å². The Morgan fingerprint density at radius 1 is 1.05 bits per heavy atom. The summed E-state index contributed by atoms with van der Waals surface area (Å²) in [6.07, 6.45) is 1.88. The highest BCUT2D eigenvalue weighted by molar-refractivity contribution is 5.33. The Morgan fingerprint density at radius 2 is 1.80 bits per heavy atom. The van der Waals surface area contributed by atoms with Gasteiger partial charge in [-0.2, -0.15) is 0 Å². The van der Waals surface area contributed by atoms with E-state index in [-0.39, 0.29) is 5.82 Å². The summed E-state index contributed by atoms with van der Waals surface area (Å²) in [4.78, 5) is 0. The second-order valence-electron chi connectivity index (χ2n) is 4.47. The zero-order valence-electron chi connectivity index (χ0n) is 12.3. The molecule has 114 valence electrons. The molecule has 1 aromatic rings. The van der Waals surface area contributed by atoms with Crippen LogP contribution >= 0.6 is 0 Å². The predicted molar refractivity (Wildman–Crippen MR) is 76.6 cm³/mol. The highest BCUT2D eigenvalue weighted by Gasteiger charge is 2.05. The number of nitrogens with one attached hydrogen (secondary N) is 1. The molecule has 0 heterocycles. The number of hydrogen-bond acceptors (Lipinski definition) is 4. The molecule has 0 aliphatic rings. The van der Waals surface area contributed by atoms with Crippen molar-refractivity contribution in [1.82, 2.24) is 5.32 Å². The van der Waals surface area contributed by atoms with Crippen LogP contribution < -0.4 is 10.1 Å². The van der Waals surface area contributed by atoms with Gasteiger partial charge in [0, 0.05) is 39.5 Å². The van der Waals surface area contributed by atoms with Gasteiger partial charge in [0.25, 0.3) is 0 Å². The first-order chi connectivity index (χ1) is 9.77. The summed E-state index contributed by atoms with van der Waals surface area (Å²) in [6.45, 7) is 3.26. The molecule has 0 spiro atoms. The molecule has 0 aliphatic carbocycles. The van der Waals surface area contributed by atoms with Crippen molar-refractivity contribution in [2.24, 2.45) is 0 Å². The predicted octanol–water partition coefficient (Wildman–Crippen LogP) is 2.37. The van der Waals surface area contributed by atoms with Gasteiger partial charge >= 0.3 is 0 Å². The number of ether oxygens (including phenoxy) is 3. The molecule has 20 heavy (non-hydrogen) atoms. The van der Waals surface area contributed by atoms with Gasteiger partial charge in [-0.15, -0.1) is 0 Å². The molecule has 0 aromatic heterocycles. The van der Waals surface area contributed by atoms with E-state index >= 15 is 0 Å². The van der Waals surface area contributed by atoms with Gasteiger partial charge in [0.15, 0.2) is 0 Å². The van der Waals surface area contributed by atoms with Crippen molar-refractivity contribution in [1.29, 1.82) is 0 Å². The molecule has 1 aromatic carbocycles. The Kier molecular flexibility index (Phi) is 8.95. The summed E-state index contributed by atoms with van der Waals surface area (Å²) in [7, 11) is 3.34. The largest absolute Gasteiger partial charge is 0.493 e. The van der Waals surface area contributed by atoms with Crippen molar-refractivity contribution < 1.29 is 18.6 Å². The summed E-state index contributed by atoms with van der Waals surface area (Å²) >= 11 is 0. The zero-order chi connectivity index (χ0) is 14.6. The summed E-state index contributed by atoms with van der Waals surface area (Å²) in [5, 5.41) is 3.19. The summed E-state index contributed by atoms with van der Waals surface area (Å²) in [5.74, 6) is 0.481. The standard InChI is InChI=1S/C15H24FNO3/c1-18-8-3-4-9-20-15-6-5-14(16)11-13(15)12-17-7-10-19-2/h5-6,11,17H,3-4,7-10,12H2,1-2H3. The topological polar surface area (TPSA) is 39.7 Å². The molecule has 0 saturated heterocycles. The van der Waals surface area contributed by atoms with Crippen LogP contribution in [0.2, 0.25) is 0 Å². The minimum atomic E-state index is -0.250. The van der Waals surface area contributed by atoms with Crippen LogP contribution in [-0.2, 0) is 16.0 Å². The fourth-order valence-corrected chi connectivity index (χ4v) is 1.75. The number of benzene rings is 1. The van der Waals surface area contributed by atoms with Gasteiger partial charge in [-0.05, 0) is 31.0 Å². The normalized spacial score (nSPS) is 10.8. The molecule has 0 saturated carbocycles. The third-order valence-electron chi connectivity index (χ3n) is 2.82. The summed E-state index contributed by atoms with van der Waals surface area (Å²) in [5.41, 5.74) is 0.827. The first kappa shape index (κ1) is 16.9. The molecule has 0 bridgehead atoms. The zero-order valence-corrected chi connectivity index (χ0v) is 12.3. The lowest BCUT2D eigenvalue weighted by Gasteiger charge is -2.12. The van der Waals surface area contributed by atoms with Crippen molar-refractivity contribution in [2.45, 2.75) is 19.4 Å². The lowest BCUT2D eigenvalue weighted by atomic mass is 10.2. The third-order valence-corrected chi connectivity index (χ3v) is 2.82. The summed E-state index contributed by atoms with van der Waals surface area (Å²) in [6, 6.07) is 4.60. The van der Waals surface area contributed by atoms with Gasteiger partial charge in [0.05, 0.1) is 13.2 Å². The second kappa shape index (κ2) is 10.6. The van der Waals surface area contributed by atoms with E-state index in [1.54, 1.807) is 20.3 Å². The number of halogens is 1. The van der Waals surface area contributed by atoms with Gasteiger partial charge in [-0.3, -0.25) is 0 Å². The molecule has 0 fully saturated rings. The molecular formula is C15H24FNO3. The van der Waals surface area contributed by atoms with E-state index < -0.39 is 0 Å². The molecule has 0 radical (unpaired) electrons. The molecule has 1 N–H and O–H groups in total. The van der Waals surface area contributed by atoms with E-state index in [2.05, 4.69) is 5.32 Å². The van der Waals surface area contributed by atoms with Crippen molar-refractivity contribution in [3.8, 4) is 5.75 Å². The Hall–Kier alpha value is -1.17. The Labute approximate surface area is 120 Å². The van der Waals surface area contributed by atoms with Crippen molar-refractivity contribution in [3.63, 3.8) is 0 Å². The van der Waals surface area contributed by atoms with Gasteiger partial charge in [-0.1, -0.05) is 0 Å². The average molecular weight is 285 g/mol. The quantitative estimate of drug-likeness (QED) is 0.634. The Bertz CT molecular complexity index is 374. The Morgan fingerprint density at radius 3 is 2.55 bits per heavy atom. The maximum Gasteiger partial charge on any atom is 0.123 e. The first-order valence-corrected chi connectivity index (χ1v) is 6.87. The van der Waals surface area contributed by atoms with Gasteiger partial charge in [-0.25, -0.2) is 4.39 Å². The van der Waals surface area contributed by atoms with Gasteiger partial charge in [0.1, 0.15) is 11.6 Å². The first-order valence-electron chi connectivity index (χ1n) is 6.87. The SMILES string of the molecule is COCCCCOc1ccc(F)cc1CNCCOC. The van der Waals surface area contributed by atoms with Crippen molar-refractivity contribution in [3.05, 3.63) is 29.6 Å². The van der Waals surface area contributed by atoms with Crippen molar-refractivity contribution >= 4 is 0 Å². The van der Waals surface area contributed by atoms with Crippen LogP contribution in [0.5, 0.6) is 5.75 Å². The van der Waals surface area contributed by atoms with E-state index in [9.17, 15) is 4.39 Å². The van der Waals surface area contributed by atoms with Crippen LogP contribution in [0.15, 0.2) is 18.2 Å². The fraction of sp³-hybridized carbons (Fsp3) is 0.600. The van der Waals surface area contributed by atoms with Crippen LogP contribution in [0.4, 0.5) is 4.39 Å². The van der Waals surface area contributed by atoms with Crippen LogP contribution in [0.1, 0.15) is 18.4 Å². The number of unbranched alkanes of at least 4 members (excludes halogenated alkanes) is 1. The number of methoxy groups -OCH3 is 2. The maximum absolute atomic E-state index is 13.3. The minimum absolute atomic E-state index is 0.250. The monoisotopic (exact) mass is 285 g/mol. The lowest BCUT2D eigenvalue weighted by Crippen LogP contribution is -2.19. The maximum atomic E-state index is 13.3. The molecule has 4 nitrogen and oxygen atoms in total. The number of hydrogen-bond donors (Lipinski definition) is 1. The van der Waals surface area contributed by atoms with E-state index in [4.69, 9.17) is 14.2 Å². The van der Waals surface area contributed by atoms with E-state index in [1.165, 1.54) is 12.1 Å². The van der Waals surface area contributed by atoms with Crippen molar-refractivity contribution in [2.75, 3.05) is 40.6 Å². The molecule has 1 rings (SSSR count). The molecule has 0 amide bonds. The van der Waals surface area contributed by atoms with Crippen LogP contribution in [0.3, 0.4) is 0 Å². The molecule has 5 heteroatoms. The summed E-state index contributed by atoms with van der Waals surface area (Å²) < 4.78 is 28.9. The lowest BCUT2D eigenvalue weighted by molar-refractivity contribution is 0.184. The molecule has 0 atom stereocenters.